The largest absolute Gasteiger partial charge is 0.497 e. The highest BCUT2D eigenvalue weighted by Crippen LogP contribution is 2.31. The first kappa shape index (κ1) is 18.5. The van der Waals surface area contributed by atoms with Crippen LogP contribution in [0.1, 0.15) is 6.92 Å². The Morgan fingerprint density at radius 1 is 1.15 bits per heavy atom. The van der Waals surface area contributed by atoms with E-state index in [2.05, 4.69) is 10.2 Å². The van der Waals surface area contributed by atoms with E-state index >= 15 is 0 Å². The minimum Gasteiger partial charge on any atom is -0.497 e. The molecule has 1 saturated heterocycles. The van der Waals surface area contributed by atoms with Crippen LogP contribution in [-0.2, 0) is 9.53 Å². The van der Waals surface area contributed by atoms with Crippen LogP contribution >= 0.6 is 11.8 Å². The van der Waals surface area contributed by atoms with Gasteiger partial charge in [-0.05, 0) is 19.1 Å². The number of hydrogen-bond acceptors (Lipinski definition) is 8. The molecule has 1 fully saturated rings. The number of benzene rings is 1. The van der Waals surface area contributed by atoms with Crippen molar-refractivity contribution in [3.8, 4) is 23.0 Å². The molecule has 0 radical (unpaired) electrons. The molecule has 1 atom stereocenters. The van der Waals surface area contributed by atoms with Gasteiger partial charge in [0.25, 0.3) is 5.22 Å². The molecule has 1 aromatic heterocycles. The smallest absolute Gasteiger partial charge is 0.277 e. The van der Waals surface area contributed by atoms with Gasteiger partial charge in [-0.2, -0.15) is 0 Å². The van der Waals surface area contributed by atoms with E-state index in [1.54, 1.807) is 37.3 Å². The summed E-state index contributed by atoms with van der Waals surface area (Å²) in [4.78, 5) is 14.3. The number of methoxy groups -OCH3 is 2. The fourth-order valence-corrected chi connectivity index (χ4v) is 3.31. The summed E-state index contributed by atoms with van der Waals surface area (Å²) in [6, 6.07) is 5.33. The standard InChI is InChI=1S/C17H21N3O5S/c1-11(16(21)20-4-6-24-7-5-20)26-17-19-18-15(25-17)12-8-13(22-2)10-14(9-12)23-3/h8-11H,4-7H2,1-3H3. The first-order valence-corrected chi connectivity index (χ1v) is 9.09. The summed E-state index contributed by atoms with van der Waals surface area (Å²) in [5, 5.41) is 8.13. The summed E-state index contributed by atoms with van der Waals surface area (Å²) in [6.07, 6.45) is 0. The predicted octanol–water partition coefficient (Wildman–Crippen LogP) is 2.09. The number of hydrogen-bond donors (Lipinski definition) is 0. The summed E-state index contributed by atoms with van der Waals surface area (Å²) in [6.45, 7) is 4.21. The van der Waals surface area contributed by atoms with Gasteiger partial charge in [0.1, 0.15) is 11.5 Å². The third-order valence-corrected chi connectivity index (χ3v) is 4.87. The van der Waals surface area contributed by atoms with Gasteiger partial charge >= 0.3 is 0 Å². The molecule has 0 saturated carbocycles. The van der Waals surface area contributed by atoms with Crippen LogP contribution in [0.2, 0.25) is 0 Å². The number of carbonyl (C=O) groups is 1. The monoisotopic (exact) mass is 379 g/mol. The van der Waals surface area contributed by atoms with Crippen LogP contribution in [0.4, 0.5) is 0 Å². The minimum atomic E-state index is -0.318. The zero-order valence-corrected chi connectivity index (χ0v) is 15.7. The van der Waals surface area contributed by atoms with E-state index in [-0.39, 0.29) is 11.2 Å². The zero-order chi connectivity index (χ0) is 18.5. The van der Waals surface area contributed by atoms with Crippen LogP contribution in [0.5, 0.6) is 11.5 Å². The predicted molar refractivity (Wildman–Crippen MR) is 95.6 cm³/mol. The fraction of sp³-hybridized carbons (Fsp3) is 0.471. The lowest BCUT2D eigenvalue weighted by atomic mass is 10.2. The summed E-state index contributed by atoms with van der Waals surface area (Å²) in [5.41, 5.74) is 0.688. The molecule has 0 bridgehead atoms. The molecule has 26 heavy (non-hydrogen) atoms. The van der Waals surface area contributed by atoms with Gasteiger partial charge < -0.3 is 23.5 Å². The second-order valence-electron chi connectivity index (χ2n) is 5.67. The molecule has 1 amide bonds. The van der Waals surface area contributed by atoms with Crippen molar-refractivity contribution >= 4 is 17.7 Å². The number of morpholine rings is 1. The molecule has 0 spiro atoms. The summed E-state index contributed by atoms with van der Waals surface area (Å²) in [5.74, 6) is 1.64. The maximum atomic E-state index is 12.5. The molecule has 2 aromatic rings. The number of carbonyl (C=O) groups excluding carboxylic acids is 1. The van der Waals surface area contributed by atoms with Gasteiger partial charge in [0.05, 0.1) is 32.7 Å². The van der Waals surface area contributed by atoms with Crippen molar-refractivity contribution < 1.29 is 23.4 Å². The molecular formula is C17H21N3O5S. The van der Waals surface area contributed by atoms with Crippen LogP contribution in [0.3, 0.4) is 0 Å². The number of thioether (sulfide) groups is 1. The third kappa shape index (κ3) is 4.28. The molecule has 3 rings (SSSR count). The average molecular weight is 379 g/mol. The summed E-state index contributed by atoms with van der Waals surface area (Å²) < 4.78 is 21.5. The molecule has 140 valence electrons. The van der Waals surface area contributed by atoms with Crippen LogP contribution in [0.15, 0.2) is 27.8 Å². The van der Waals surface area contributed by atoms with Crippen LogP contribution < -0.4 is 9.47 Å². The molecule has 2 heterocycles. The first-order chi connectivity index (χ1) is 12.6. The Morgan fingerprint density at radius 3 is 2.42 bits per heavy atom. The Labute approximate surface area is 155 Å². The van der Waals surface area contributed by atoms with Crippen molar-refractivity contribution in [2.45, 2.75) is 17.4 Å². The number of amides is 1. The Morgan fingerprint density at radius 2 is 1.81 bits per heavy atom. The quantitative estimate of drug-likeness (QED) is 0.705. The molecule has 9 heteroatoms. The third-order valence-electron chi connectivity index (χ3n) is 3.95. The van der Waals surface area contributed by atoms with Crippen molar-refractivity contribution in [2.75, 3.05) is 40.5 Å². The van der Waals surface area contributed by atoms with E-state index in [1.165, 1.54) is 11.8 Å². The lowest BCUT2D eigenvalue weighted by molar-refractivity contribution is -0.134. The van der Waals surface area contributed by atoms with Gasteiger partial charge in [0.2, 0.25) is 11.8 Å². The fourth-order valence-electron chi connectivity index (χ4n) is 2.55. The van der Waals surface area contributed by atoms with Gasteiger partial charge in [-0.15, -0.1) is 10.2 Å². The number of nitrogens with zero attached hydrogens (tertiary/aromatic N) is 3. The SMILES string of the molecule is COc1cc(OC)cc(-c2nnc(SC(C)C(=O)N3CCOCC3)o2)c1. The zero-order valence-electron chi connectivity index (χ0n) is 14.9. The normalized spacial score (nSPS) is 15.6. The van der Waals surface area contributed by atoms with E-state index in [1.807, 2.05) is 6.92 Å². The van der Waals surface area contributed by atoms with Gasteiger partial charge in [-0.1, -0.05) is 11.8 Å². The molecule has 1 aliphatic rings. The van der Waals surface area contributed by atoms with Crippen molar-refractivity contribution in [1.29, 1.82) is 0 Å². The van der Waals surface area contributed by atoms with E-state index < -0.39 is 0 Å². The lowest BCUT2D eigenvalue weighted by Crippen LogP contribution is -2.44. The van der Waals surface area contributed by atoms with Crippen LogP contribution in [-0.4, -0.2) is 66.8 Å². The van der Waals surface area contributed by atoms with Gasteiger partial charge in [0.15, 0.2) is 0 Å². The topological polar surface area (TPSA) is 86.9 Å². The van der Waals surface area contributed by atoms with Gasteiger partial charge in [0, 0.05) is 24.7 Å². The van der Waals surface area contributed by atoms with E-state index in [4.69, 9.17) is 18.6 Å². The molecule has 0 N–H and O–H groups in total. The second kappa shape index (κ2) is 8.41. The Bertz CT molecular complexity index is 738. The second-order valence-corrected chi connectivity index (χ2v) is 6.96. The number of ether oxygens (including phenoxy) is 3. The lowest BCUT2D eigenvalue weighted by Gasteiger charge is -2.28. The Kier molecular flexibility index (Phi) is 6.00. The van der Waals surface area contributed by atoms with E-state index in [0.717, 1.165) is 0 Å². The van der Waals surface area contributed by atoms with E-state index in [0.29, 0.717) is 54.5 Å². The van der Waals surface area contributed by atoms with Crippen LogP contribution in [0, 0.1) is 0 Å². The molecule has 1 aliphatic heterocycles. The van der Waals surface area contributed by atoms with Crippen molar-refractivity contribution in [1.82, 2.24) is 15.1 Å². The molecule has 1 unspecified atom stereocenters. The number of aromatic nitrogens is 2. The Hall–Kier alpha value is -2.26. The van der Waals surface area contributed by atoms with Gasteiger partial charge in [-0.3, -0.25) is 4.79 Å². The molecular weight excluding hydrogens is 358 g/mol. The van der Waals surface area contributed by atoms with Crippen molar-refractivity contribution in [3.05, 3.63) is 18.2 Å². The van der Waals surface area contributed by atoms with E-state index in [9.17, 15) is 4.79 Å². The first-order valence-electron chi connectivity index (χ1n) is 8.21. The van der Waals surface area contributed by atoms with Crippen LogP contribution in [0.25, 0.3) is 11.5 Å². The van der Waals surface area contributed by atoms with Gasteiger partial charge in [-0.25, -0.2) is 0 Å². The summed E-state index contributed by atoms with van der Waals surface area (Å²) in [7, 11) is 3.15. The highest BCUT2D eigenvalue weighted by atomic mass is 32.2. The highest BCUT2D eigenvalue weighted by Gasteiger charge is 2.25. The van der Waals surface area contributed by atoms with Crippen molar-refractivity contribution in [3.63, 3.8) is 0 Å². The molecule has 1 aromatic carbocycles. The maximum Gasteiger partial charge on any atom is 0.277 e. The maximum absolute atomic E-state index is 12.5. The Balaban J connectivity index is 1.70. The molecule has 0 aliphatic carbocycles. The summed E-state index contributed by atoms with van der Waals surface area (Å²) >= 11 is 1.25. The highest BCUT2D eigenvalue weighted by molar-refractivity contribution is 8.00. The van der Waals surface area contributed by atoms with Crippen molar-refractivity contribution in [2.24, 2.45) is 0 Å². The minimum absolute atomic E-state index is 0.0427. The average Bonchev–Trinajstić information content (AvgIpc) is 3.16. The molecule has 8 nitrogen and oxygen atoms in total. The number of rotatable bonds is 6.